The van der Waals surface area contributed by atoms with Crippen molar-refractivity contribution in [3.05, 3.63) is 23.4 Å². The van der Waals surface area contributed by atoms with E-state index in [-0.39, 0.29) is 16.9 Å². The van der Waals surface area contributed by atoms with E-state index in [0.717, 1.165) is 5.69 Å². The van der Waals surface area contributed by atoms with Gasteiger partial charge in [0, 0.05) is 11.1 Å². The summed E-state index contributed by atoms with van der Waals surface area (Å²) in [6.07, 6.45) is 0. The molecule has 0 saturated heterocycles. The lowest BCUT2D eigenvalue weighted by Crippen LogP contribution is -2.15. The van der Waals surface area contributed by atoms with Crippen molar-refractivity contribution in [1.29, 1.82) is 0 Å². The molecule has 0 fully saturated rings. The molecule has 1 rings (SSSR count). The number of methoxy groups -OCH3 is 1. The number of carboxylic acids is 1. The van der Waals surface area contributed by atoms with Gasteiger partial charge in [0.05, 0.1) is 7.11 Å². The van der Waals surface area contributed by atoms with Gasteiger partial charge in [0.1, 0.15) is 5.56 Å². The Balaban J connectivity index is 3.25. The topological polar surface area (TPSA) is 59.4 Å². The predicted octanol–water partition coefficient (Wildman–Crippen LogP) is 2.09. The van der Waals surface area contributed by atoms with E-state index in [1.54, 1.807) is 6.07 Å². The number of hydrogen-bond acceptors (Lipinski definition) is 3. The van der Waals surface area contributed by atoms with Crippen molar-refractivity contribution in [1.82, 2.24) is 4.98 Å². The second-order valence-electron chi connectivity index (χ2n) is 4.31. The van der Waals surface area contributed by atoms with Crippen molar-refractivity contribution in [3.63, 3.8) is 0 Å². The molecule has 0 aromatic carbocycles. The van der Waals surface area contributed by atoms with Crippen LogP contribution in [0, 0.1) is 0 Å². The average molecular weight is 209 g/mol. The molecule has 4 heteroatoms. The Morgan fingerprint density at radius 3 is 2.40 bits per heavy atom. The standard InChI is InChI=1S/C11H15NO3/c1-11(2,3)8-6-5-7(10(13)14)9(12-8)15-4/h5-6H,1-4H3,(H,13,14). The summed E-state index contributed by atoms with van der Waals surface area (Å²) in [5.74, 6) is -0.866. The minimum atomic E-state index is -1.03. The zero-order valence-corrected chi connectivity index (χ0v) is 9.37. The van der Waals surface area contributed by atoms with Crippen LogP contribution in [0.1, 0.15) is 36.8 Å². The smallest absolute Gasteiger partial charge is 0.341 e. The number of pyridine rings is 1. The van der Waals surface area contributed by atoms with E-state index in [0.29, 0.717) is 0 Å². The van der Waals surface area contributed by atoms with Gasteiger partial charge in [-0.3, -0.25) is 0 Å². The highest BCUT2D eigenvalue weighted by Crippen LogP contribution is 2.24. The molecule has 1 aromatic rings. The molecule has 0 bridgehead atoms. The van der Waals surface area contributed by atoms with E-state index in [9.17, 15) is 4.79 Å². The molecule has 0 atom stereocenters. The molecule has 0 aliphatic heterocycles. The quantitative estimate of drug-likeness (QED) is 0.810. The van der Waals surface area contributed by atoms with Gasteiger partial charge in [-0.2, -0.15) is 0 Å². The van der Waals surface area contributed by atoms with E-state index in [4.69, 9.17) is 9.84 Å². The number of aromatic carboxylic acids is 1. The molecule has 0 aliphatic carbocycles. The molecule has 15 heavy (non-hydrogen) atoms. The van der Waals surface area contributed by atoms with Gasteiger partial charge in [0.25, 0.3) is 0 Å². The van der Waals surface area contributed by atoms with Gasteiger partial charge in [-0.05, 0) is 12.1 Å². The van der Waals surface area contributed by atoms with Crippen LogP contribution in [0.15, 0.2) is 12.1 Å². The molecule has 1 aromatic heterocycles. The van der Waals surface area contributed by atoms with Gasteiger partial charge in [0.2, 0.25) is 5.88 Å². The lowest BCUT2D eigenvalue weighted by molar-refractivity contribution is 0.0692. The third-order valence-corrected chi connectivity index (χ3v) is 2.05. The second-order valence-corrected chi connectivity index (χ2v) is 4.31. The van der Waals surface area contributed by atoms with Crippen molar-refractivity contribution >= 4 is 5.97 Å². The molecule has 1 heterocycles. The van der Waals surface area contributed by atoms with Gasteiger partial charge in [-0.15, -0.1) is 0 Å². The summed E-state index contributed by atoms with van der Waals surface area (Å²) in [5.41, 5.74) is 0.777. The van der Waals surface area contributed by atoms with E-state index >= 15 is 0 Å². The molecule has 0 spiro atoms. The Kier molecular flexibility index (Phi) is 2.98. The number of hydrogen-bond donors (Lipinski definition) is 1. The summed E-state index contributed by atoms with van der Waals surface area (Å²) in [6.45, 7) is 6.03. The summed E-state index contributed by atoms with van der Waals surface area (Å²) in [5, 5.41) is 8.87. The first kappa shape index (κ1) is 11.5. The highest BCUT2D eigenvalue weighted by molar-refractivity contribution is 5.90. The number of carboxylic acid groups (broad SMARTS) is 1. The van der Waals surface area contributed by atoms with Gasteiger partial charge in [0.15, 0.2) is 0 Å². The lowest BCUT2D eigenvalue weighted by atomic mass is 9.91. The maximum Gasteiger partial charge on any atom is 0.341 e. The minimum absolute atomic E-state index is 0.0884. The van der Waals surface area contributed by atoms with Crippen molar-refractivity contribution in [3.8, 4) is 5.88 Å². The Labute approximate surface area is 88.9 Å². The maximum atomic E-state index is 10.8. The average Bonchev–Trinajstić information content (AvgIpc) is 2.15. The van der Waals surface area contributed by atoms with Crippen molar-refractivity contribution in [2.24, 2.45) is 0 Å². The zero-order valence-electron chi connectivity index (χ0n) is 9.37. The fraction of sp³-hybridized carbons (Fsp3) is 0.455. The molecular weight excluding hydrogens is 194 g/mol. The summed E-state index contributed by atoms with van der Waals surface area (Å²) >= 11 is 0. The molecule has 4 nitrogen and oxygen atoms in total. The summed E-state index contributed by atoms with van der Waals surface area (Å²) in [4.78, 5) is 15.0. The molecule has 82 valence electrons. The molecule has 1 N–H and O–H groups in total. The Bertz CT molecular complexity index is 380. The fourth-order valence-electron chi connectivity index (χ4n) is 1.18. The number of rotatable bonds is 2. The van der Waals surface area contributed by atoms with Crippen LogP contribution in [0.3, 0.4) is 0 Å². The van der Waals surface area contributed by atoms with Crippen LogP contribution in [-0.2, 0) is 5.41 Å². The highest BCUT2D eigenvalue weighted by Gasteiger charge is 2.19. The fourth-order valence-corrected chi connectivity index (χ4v) is 1.18. The van der Waals surface area contributed by atoms with Crippen LogP contribution < -0.4 is 4.74 Å². The van der Waals surface area contributed by atoms with E-state index in [1.807, 2.05) is 20.8 Å². The number of ether oxygens (including phenoxy) is 1. The lowest BCUT2D eigenvalue weighted by Gasteiger charge is -2.18. The first-order valence-corrected chi connectivity index (χ1v) is 4.65. The molecule has 0 radical (unpaired) electrons. The summed E-state index contributed by atoms with van der Waals surface area (Å²) in [7, 11) is 1.42. The highest BCUT2D eigenvalue weighted by atomic mass is 16.5. The predicted molar refractivity (Wildman–Crippen MR) is 56.4 cm³/mol. The van der Waals surface area contributed by atoms with Gasteiger partial charge >= 0.3 is 5.97 Å². The largest absolute Gasteiger partial charge is 0.480 e. The molecule has 0 aliphatic rings. The summed E-state index contributed by atoms with van der Waals surface area (Å²) in [6, 6.07) is 3.24. The maximum absolute atomic E-state index is 10.8. The van der Waals surface area contributed by atoms with Crippen molar-refractivity contribution in [2.75, 3.05) is 7.11 Å². The Morgan fingerprint density at radius 2 is 2.00 bits per heavy atom. The number of aromatic nitrogens is 1. The van der Waals surface area contributed by atoms with Gasteiger partial charge in [-0.25, -0.2) is 9.78 Å². The van der Waals surface area contributed by atoms with E-state index < -0.39 is 5.97 Å². The van der Waals surface area contributed by atoms with Crippen LogP contribution >= 0.6 is 0 Å². The molecule has 0 saturated carbocycles. The second kappa shape index (κ2) is 3.88. The van der Waals surface area contributed by atoms with Crippen LogP contribution in [0.4, 0.5) is 0 Å². The third kappa shape index (κ3) is 2.46. The van der Waals surface area contributed by atoms with Crippen LogP contribution in [0.5, 0.6) is 5.88 Å². The zero-order chi connectivity index (χ0) is 11.6. The summed E-state index contributed by atoms with van der Waals surface area (Å²) < 4.78 is 4.95. The normalized spacial score (nSPS) is 11.2. The Hall–Kier alpha value is -1.58. The number of carbonyl (C=O) groups is 1. The molecule has 0 amide bonds. The minimum Gasteiger partial charge on any atom is -0.480 e. The van der Waals surface area contributed by atoms with Crippen molar-refractivity contribution < 1.29 is 14.6 Å². The first-order valence-electron chi connectivity index (χ1n) is 4.65. The van der Waals surface area contributed by atoms with Gasteiger partial charge in [-0.1, -0.05) is 20.8 Å². The van der Waals surface area contributed by atoms with Crippen LogP contribution in [-0.4, -0.2) is 23.2 Å². The first-order chi connectivity index (χ1) is 6.86. The van der Waals surface area contributed by atoms with Crippen LogP contribution in [0.25, 0.3) is 0 Å². The monoisotopic (exact) mass is 209 g/mol. The van der Waals surface area contributed by atoms with Crippen LogP contribution in [0.2, 0.25) is 0 Å². The van der Waals surface area contributed by atoms with E-state index in [2.05, 4.69) is 4.98 Å². The Morgan fingerprint density at radius 1 is 1.40 bits per heavy atom. The van der Waals surface area contributed by atoms with Crippen molar-refractivity contribution in [2.45, 2.75) is 26.2 Å². The number of nitrogens with zero attached hydrogens (tertiary/aromatic N) is 1. The third-order valence-electron chi connectivity index (χ3n) is 2.05. The molecular formula is C11H15NO3. The van der Waals surface area contributed by atoms with E-state index in [1.165, 1.54) is 13.2 Å². The SMILES string of the molecule is COc1nc(C(C)(C)C)ccc1C(=O)O. The molecule has 0 unspecified atom stereocenters. The van der Waals surface area contributed by atoms with Gasteiger partial charge < -0.3 is 9.84 Å².